The molecule has 1 unspecified atom stereocenters. The van der Waals surface area contributed by atoms with Crippen molar-refractivity contribution in [3.8, 4) is 0 Å². The third-order valence-corrected chi connectivity index (χ3v) is 2.91. The van der Waals surface area contributed by atoms with Crippen molar-refractivity contribution in [3.05, 3.63) is 30.1 Å². The standard InChI is InChI=1S/C8H11NO3S/c1-7(13(10,11)12)6-8-4-2-3-5-9-8/h2-5,7H,6H2,1H3,(H,10,11,12). The van der Waals surface area contributed by atoms with Gasteiger partial charge >= 0.3 is 0 Å². The molecule has 0 fully saturated rings. The molecule has 4 nitrogen and oxygen atoms in total. The Hall–Kier alpha value is -0.940. The van der Waals surface area contributed by atoms with E-state index in [4.69, 9.17) is 4.55 Å². The second kappa shape index (κ2) is 3.85. The molecule has 1 aromatic rings. The second-order valence-electron chi connectivity index (χ2n) is 2.85. The van der Waals surface area contributed by atoms with Gasteiger partial charge in [-0.25, -0.2) is 0 Å². The molecule has 0 saturated carbocycles. The lowest BCUT2D eigenvalue weighted by Gasteiger charge is -2.06. The Morgan fingerprint density at radius 1 is 1.54 bits per heavy atom. The maximum atomic E-state index is 10.7. The van der Waals surface area contributed by atoms with Crippen LogP contribution in [0.2, 0.25) is 0 Å². The van der Waals surface area contributed by atoms with Crippen molar-refractivity contribution in [2.75, 3.05) is 0 Å². The third kappa shape index (κ3) is 3.12. The van der Waals surface area contributed by atoms with Gasteiger partial charge in [0.25, 0.3) is 10.1 Å². The average Bonchev–Trinajstić information content (AvgIpc) is 2.04. The average molecular weight is 201 g/mol. The lowest BCUT2D eigenvalue weighted by atomic mass is 10.2. The van der Waals surface area contributed by atoms with Crippen LogP contribution in [0.4, 0.5) is 0 Å². The van der Waals surface area contributed by atoms with E-state index in [9.17, 15) is 8.42 Å². The number of hydrogen-bond acceptors (Lipinski definition) is 3. The summed E-state index contributed by atoms with van der Waals surface area (Å²) in [5, 5.41) is -0.803. The quantitative estimate of drug-likeness (QED) is 0.738. The highest BCUT2D eigenvalue weighted by molar-refractivity contribution is 7.86. The van der Waals surface area contributed by atoms with Crippen LogP contribution in [-0.2, 0) is 16.5 Å². The van der Waals surface area contributed by atoms with Crippen molar-refractivity contribution >= 4 is 10.1 Å². The summed E-state index contributed by atoms with van der Waals surface area (Å²) in [6, 6.07) is 5.25. The molecule has 1 atom stereocenters. The van der Waals surface area contributed by atoms with Crippen LogP contribution < -0.4 is 0 Å². The summed E-state index contributed by atoms with van der Waals surface area (Å²) in [6.07, 6.45) is 1.83. The van der Waals surface area contributed by atoms with E-state index in [-0.39, 0.29) is 6.42 Å². The molecule has 0 radical (unpaired) electrons. The predicted molar refractivity (Wildman–Crippen MR) is 49.0 cm³/mol. The van der Waals surface area contributed by atoms with Crippen LogP contribution in [0.25, 0.3) is 0 Å². The number of rotatable bonds is 3. The van der Waals surface area contributed by atoms with Crippen LogP contribution in [0, 0.1) is 0 Å². The molecule has 1 rings (SSSR count). The lowest BCUT2D eigenvalue weighted by molar-refractivity contribution is 0.469. The topological polar surface area (TPSA) is 67.3 Å². The van der Waals surface area contributed by atoms with Crippen LogP contribution in [0.15, 0.2) is 24.4 Å². The Balaban J connectivity index is 2.72. The summed E-state index contributed by atoms with van der Waals surface area (Å²) in [5.74, 6) is 0. The minimum absolute atomic E-state index is 0.236. The molecule has 5 heteroatoms. The first-order valence-electron chi connectivity index (χ1n) is 3.86. The molecular weight excluding hydrogens is 190 g/mol. The zero-order chi connectivity index (χ0) is 9.90. The van der Waals surface area contributed by atoms with Crippen LogP contribution >= 0.6 is 0 Å². The van der Waals surface area contributed by atoms with Crippen LogP contribution in [0.5, 0.6) is 0 Å². The molecule has 0 aliphatic rings. The number of pyridine rings is 1. The van der Waals surface area contributed by atoms with Gasteiger partial charge in [0.05, 0.1) is 5.25 Å². The summed E-state index contributed by atoms with van der Waals surface area (Å²) in [4.78, 5) is 3.96. The SMILES string of the molecule is CC(Cc1ccccn1)S(=O)(=O)O. The van der Waals surface area contributed by atoms with Crippen molar-refractivity contribution in [1.29, 1.82) is 0 Å². The van der Waals surface area contributed by atoms with E-state index in [2.05, 4.69) is 4.98 Å². The third-order valence-electron chi connectivity index (χ3n) is 1.73. The molecule has 1 aromatic heterocycles. The smallest absolute Gasteiger partial charge is 0.267 e. The van der Waals surface area contributed by atoms with Crippen molar-refractivity contribution in [3.63, 3.8) is 0 Å². The number of hydrogen-bond donors (Lipinski definition) is 1. The molecule has 0 saturated heterocycles. The highest BCUT2D eigenvalue weighted by Gasteiger charge is 2.17. The van der Waals surface area contributed by atoms with Gasteiger partial charge in [-0.05, 0) is 19.1 Å². The van der Waals surface area contributed by atoms with Crippen LogP contribution in [0.3, 0.4) is 0 Å². The first-order chi connectivity index (χ1) is 6.00. The van der Waals surface area contributed by atoms with Gasteiger partial charge in [0.2, 0.25) is 0 Å². The number of nitrogens with zero attached hydrogens (tertiary/aromatic N) is 1. The highest BCUT2D eigenvalue weighted by atomic mass is 32.2. The summed E-state index contributed by atoms with van der Waals surface area (Å²) in [6.45, 7) is 1.45. The Kier molecular flexibility index (Phi) is 3.00. The summed E-state index contributed by atoms with van der Waals surface area (Å²) < 4.78 is 30.0. The van der Waals surface area contributed by atoms with Gasteiger partial charge in [-0.3, -0.25) is 9.54 Å². The molecule has 1 N–H and O–H groups in total. The molecule has 0 aromatic carbocycles. The molecule has 1 heterocycles. The van der Waals surface area contributed by atoms with Crippen molar-refractivity contribution in [1.82, 2.24) is 4.98 Å². The van der Waals surface area contributed by atoms with E-state index in [0.29, 0.717) is 5.69 Å². The summed E-state index contributed by atoms with van der Waals surface area (Å²) >= 11 is 0. The Morgan fingerprint density at radius 2 is 2.23 bits per heavy atom. The normalized spacial score (nSPS) is 14.0. The van der Waals surface area contributed by atoms with Gasteiger partial charge < -0.3 is 0 Å². The fraction of sp³-hybridized carbons (Fsp3) is 0.375. The van der Waals surface area contributed by atoms with Gasteiger partial charge in [-0.15, -0.1) is 0 Å². The monoisotopic (exact) mass is 201 g/mol. The number of aromatic nitrogens is 1. The predicted octanol–water partition coefficient (Wildman–Crippen LogP) is 0.900. The molecular formula is C8H11NO3S. The zero-order valence-electron chi connectivity index (χ0n) is 7.21. The molecule has 0 spiro atoms. The van der Waals surface area contributed by atoms with E-state index in [1.807, 2.05) is 0 Å². The minimum Gasteiger partial charge on any atom is -0.285 e. The van der Waals surface area contributed by atoms with Gasteiger partial charge in [0.1, 0.15) is 0 Å². The van der Waals surface area contributed by atoms with Gasteiger partial charge in [-0.2, -0.15) is 8.42 Å². The lowest BCUT2D eigenvalue weighted by Crippen LogP contribution is -2.19. The molecule has 0 aliphatic carbocycles. The summed E-state index contributed by atoms with van der Waals surface area (Å²) in [7, 11) is -3.94. The fourth-order valence-corrected chi connectivity index (χ4v) is 1.30. The molecule has 13 heavy (non-hydrogen) atoms. The molecule has 72 valence electrons. The second-order valence-corrected chi connectivity index (χ2v) is 4.69. The van der Waals surface area contributed by atoms with Gasteiger partial charge in [-0.1, -0.05) is 6.07 Å². The van der Waals surface area contributed by atoms with Crippen molar-refractivity contribution < 1.29 is 13.0 Å². The van der Waals surface area contributed by atoms with Crippen LogP contribution in [-0.4, -0.2) is 23.2 Å². The van der Waals surface area contributed by atoms with E-state index < -0.39 is 15.4 Å². The Bertz CT molecular complexity index is 360. The molecule has 0 amide bonds. The molecule has 0 aliphatic heterocycles. The van der Waals surface area contributed by atoms with E-state index in [0.717, 1.165) is 0 Å². The Morgan fingerprint density at radius 3 is 2.69 bits per heavy atom. The van der Waals surface area contributed by atoms with Crippen molar-refractivity contribution in [2.45, 2.75) is 18.6 Å². The van der Waals surface area contributed by atoms with Crippen molar-refractivity contribution in [2.24, 2.45) is 0 Å². The fourth-order valence-electron chi connectivity index (χ4n) is 0.919. The zero-order valence-corrected chi connectivity index (χ0v) is 8.03. The summed E-state index contributed by atoms with van der Waals surface area (Å²) in [5.41, 5.74) is 0.660. The van der Waals surface area contributed by atoms with E-state index in [1.165, 1.54) is 6.92 Å². The maximum Gasteiger partial charge on any atom is 0.267 e. The largest absolute Gasteiger partial charge is 0.285 e. The van der Waals surface area contributed by atoms with E-state index in [1.54, 1.807) is 24.4 Å². The van der Waals surface area contributed by atoms with E-state index >= 15 is 0 Å². The molecule has 0 bridgehead atoms. The first kappa shape index (κ1) is 10.1. The van der Waals surface area contributed by atoms with Crippen LogP contribution in [0.1, 0.15) is 12.6 Å². The first-order valence-corrected chi connectivity index (χ1v) is 5.36. The maximum absolute atomic E-state index is 10.7. The highest BCUT2D eigenvalue weighted by Crippen LogP contribution is 2.05. The Labute approximate surface area is 77.4 Å². The van der Waals surface area contributed by atoms with Gasteiger partial charge in [0.15, 0.2) is 0 Å². The van der Waals surface area contributed by atoms with Gasteiger partial charge in [0, 0.05) is 18.3 Å². The minimum atomic E-state index is -3.94.